The Hall–Kier alpha value is -0.925. The van der Waals surface area contributed by atoms with Crippen molar-refractivity contribution in [3.8, 4) is 5.75 Å². The van der Waals surface area contributed by atoms with Gasteiger partial charge in [0.2, 0.25) is 0 Å². The highest BCUT2D eigenvalue weighted by Gasteiger charge is 2.11. The van der Waals surface area contributed by atoms with E-state index < -0.39 is 5.75 Å². The maximum absolute atomic E-state index is 5.53. The molecule has 2 aromatic rings. The van der Waals surface area contributed by atoms with Crippen molar-refractivity contribution in [2.45, 2.75) is 0 Å². The minimum absolute atomic E-state index is 0.595. The Bertz CT molecular complexity index is 444. The molecule has 0 bridgehead atoms. The van der Waals surface area contributed by atoms with E-state index in [1.54, 1.807) is 12.3 Å². The lowest BCUT2D eigenvalue weighted by Gasteiger charge is -2.06. The molecule has 0 aliphatic carbocycles. The smallest absolute Gasteiger partial charge is 0.532 e. The highest BCUT2D eigenvalue weighted by Crippen LogP contribution is 2.24. The van der Waals surface area contributed by atoms with Gasteiger partial charge in [-0.2, -0.15) is 0 Å². The Kier molecular flexibility index (Phi) is 2.80. The molecule has 70 valence electrons. The normalized spacial score (nSPS) is 10.1. The summed E-state index contributed by atoms with van der Waals surface area (Å²) in [6.07, 6.45) is 1.70. The fourth-order valence-corrected chi connectivity index (χ4v) is 1.46. The standard InChI is InChI=1S/C9H6BCl2NO/c11-10(12)14-8-5-1-3-7-4-2-6-13-9(7)8/h1-6H. The van der Waals surface area contributed by atoms with Crippen molar-refractivity contribution in [3.05, 3.63) is 36.5 Å². The van der Waals surface area contributed by atoms with E-state index in [9.17, 15) is 0 Å². The van der Waals surface area contributed by atoms with Gasteiger partial charge in [-0.1, -0.05) is 18.2 Å². The summed E-state index contributed by atoms with van der Waals surface area (Å²) in [5.74, 6) is -0.277. The van der Waals surface area contributed by atoms with E-state index in [2.05, 4.69) is 4.98 Å². The molecule has 0 saturated heterocycles. The zero-order chi connectivity index (χ0) is 9.97. The second kappa shape index (κ2) is 4.07. The highest BCUT2D eigenvalue weighted by molar-refractivity contribution is 7.31. The third kappa shape index (κ3) is 1.94. The van der Waals surface area contributed by atoms with E-state index in [4.69, 9.17) is 27.6 Å². The molecule has 0 atom stereocenters. The molecule has 0 spiro atoms. The molecule has 0 radical (unpaired) electrons. The Morgan fingerprint density at radius 3 is 2.71 bits per heavy atom. The van der Waals surface area contributed by atoms with Crippen molar-refractivity contribution in [1.29, 1.82) is 0 Å². The van der Waals surface area contributed by atoms with Gasteiger partial charge in [-0.05, 0) is 12.1 Å². The van der Waals surface area contributed by atoms with Gasteiger partial charge in [-0.3, -0.25) is 4.98 Å². The molecule has 5 heteroatoms. The van der Waals surface area contributed by atoms with Gasteiger partial charge in [-0.15, -0.1) is 22.9 Å². The van der Waals surface area contributed by atoms with Gasteiger partial charge in [0.05, 0.1) is 0 Å². The number of pyridine rings is 1. The summed E-state index contributed by atoms with van der Waals surface area (Å²) in [6.45, 7) is 0. The molecule has 0 unspecified atom stereocenters. The van der Waals surface area contributed by atoms with Crippen LogP contribution in [-0.2, 0) is 0 Å². The Morgan fingerprint density at radius 1 is 1.14 bits per heavy atom. The Balaban J connectivity index is 2.53. The van der Waals surface area contributed by atoms with Crippen LogP contribution in [0.1, 0.15) is 0 Å². The summed E-state index contributed by atoms with van der Waals surface area (Å²) in [4.78, 5) is 4.19. The van der Waals surface area contributed by atoms with Gasteiger partial charge in [0.1, 0.15) is 11.3 Å². The summed E-state index contributed by atoms with van der Waals surface area (Å²) in [7, 11) is 0. The molecule has 2 rings (SSSR count). The molecular formula is C9H6BCl2NO. The van der Waals surface area contributed by atoms with Gasteiger partial charge < -0.3 is 4.65 Å². The predicted octanol–water partition coefficient (Wildman–Crippen LogP) is 3.08. The van der Waals surface area contributed by atoms with Crippen LogP contribution in [0.3, 0.4) is 0 Å². The monoisotopic (exact) mass is 225 g/mol. The number of aromatic nitrogens is 1. The lowest BCUT2D eigenvalue weighted by molar-refractivity contribution is 0.609. The molecule has 1 aromatic carbocycles. The maximum atomic E-state index is 5.53. The Morgan fingerprint density at radius 2 is 1.93 bits per heavy atom. The molecular weight excluding hydrogens is 220 g/mol. The van der Waals surface area contributed by atoms with E-state index in [1.807, 2.05) is 24.3 Å². The number of nitrogens with zero attached hydrogens (tertiary/aromatic N) is 1. The van der Waals surface area contributed by atoms with Crippen LogP contribution < -0.4 is 4.65 Å². The lowest BCUT2D eigenvalue weighted by Crippen LogP contribution is -2.05. The summed E-state index contributed by atoms with van der Waals surface area (Å²) >= 11 is 11.1. The van der Waals surface area contributed by atoms with Gasteiger partial charge in [0, 0.05) is 11.6 Å². The largest absolute Gasteiger partial charge is 0.576 e. The molecule has 0 fully saturated rings. The maximum Gasteiger partial charge on any atom is 0.576 e. The van der Waals surface area contributed by atoms with Crippen molar-refractivity contribution in [2.24, 2.45) is 0 Å². The first-order chi connectivity index (χ1) is 6.77. The fourth-order valence-electron chi connectivity index (χ4n) is 1.27. The number of para-hydroxylation sites is 1. The second-order valence-corrected chi connectivity index (χ2v) is 3.73. The minimum Gasteiger partial charge on any atom is -0.532 e. The van der Waals surface area contributed by atoms with E-state index in [0.717, 1.165) is 10.9 Å². The molecule has 0 saturated carbocycles. The SMILES string of the molecule is ClB(Cl)Oc1cccc2cccnc12. The molecule has 1 heterocycles. The van der Waals surface area contributed by atoms with Gasteiger partial charge in [0.15, 0.2) is 0 Å². The zero-order valence-electron chi connectivity index (χ0n) is 7.15. The van der Waals surface area contributed by atoms with E-state index in [1.165, 1.54) is 0 Å². The predicted molar refractivity (Wildman–Crippen MR) is 59.8 cm³/mol. The molecule has 0 amide bonds. The average molecular weight is 226 g/mol. The zero-order valence-corrected chi connectivity index (χ0v) is 8.66. The van der Waals surface area contributed by atoms with Gasteiger partial charge in [-0.25, -0.2) is 0 Å². The molecule has 14 heavy (non-hydrogen) atoms. The number of fused-ring (bicyclic) bond motifs is 1. The summed E-state index contributed by atoms with van der Waals surface area (Å²) in [5.41, 5.74) is 0.765. The quantitative estimate of drug-likeness (QED) is 0.733. The van der Waals surface area contributed by atoms with Crippen molar-refractivity contribution < 1.29 is 4.65 Å². The lowest BCUT2D eigenvalue weighted by atomic mass is 10.2. The van der Waals surface area contributed by atoms with Crippen LogP contribution in [0.25, 0.3) is 10.9 Å². The first kappa shape index (κ1) is 9.62. The van der Waals surface area contributed by atoms with Crippen LogP contribution in [0.15, 0.2) is 36.5 Å². The van der Waals surface area contributed by atoms with E-state index >= 15 is 0 Å². The summed E-state index contributed by atoms with van der Waals surface area (Å²) < 4.78 is 5.20. The third-order valence-corrected chi connectivity index (χ3v) is 1.99. The number of halogens is 2. The van der Waals surface area contributed by atoms with Crippen LogP contribution in [0, 0.1) is 0 Å². The number of hydrogen-bond acceptors (Lipinski definition) is 2. The fraction of sp³-hybridized carbons (Fsp3) is 0. The second-order valence-electron chi connectivity index (χ2n) is 2.71. The van der Waals surface area contributed by atoms with Crippen LogP contribution in [0.2, 0.25) is 0 Å². The summed E-state index contributed by atoms with van der Waals surface area (Å²) in [5, 5.41) is 0.999. The first-order valence-corrected chi connectivity index (χ1v) is 4.93. The van der Waals surface area contributed by atoms with Crippen molar-refractivity contribution in [2.75, 3.05) is 0 Å². The molecule has 0 aliphatic rings. The van der Waals surface area contributed by atoms with Gasteiger partial charge in [0.25, 0.3) is 0 Å². The van der Waals surface area contributed by atoms with Crippen molar-refractivity contribution in [3.63, 3.8) is 0 Å². The first-order valence-electron chi connectivity index (χ1n) is 4.06. The molecule has 0 aliphatic heterocycles. The van der Waals surface area contributed by atoms with E-state index in [-0.39, 0.29) is 0 Å². The molecule has 2 nitrogen and oxygen atoms in total. The van der Waals surface area contributed by atoms with Gasteiger partial charge >= 0.3 is 5.75 Å². The average Bonchev–Trinajstić information content (AvgIpc) is 2.18. The Labute approximate surface area is 91.7 Å². The summed E-state index contributed by atoms with van der Waals surface area (Å²) in [6, 6.07) is 9.42. The highest BCUT2D eigenvalue weighted by atomic mass is 35.5. The number of benzene rings is 1. The third-order valence-electron chi connectivity index (χ3n) is 1.81. The van der Waals surface area contributed by atoms with Crippen LogP contribution >= 0.6 is 22.9 Å². The topological polar surface area (TPSA) is 22.1 Å². The number of hydrogen-bond donors (Lipinski definition) is 0. The van der Waals surface area contributed by atoms with E-state index in [0.29, 0.717) is 5.75 Å². The number of rotatable bonds is 2. The van der Waals surface area contributed by atoms with Crippen molar-refractivity contribution >= 4 is 39.6 Å². The van der Waals surface area contributed by atoms with Crippen LogP contribution in [-0.4, -0.2) is 10.7 Å². The van der Waals surface area contributed by atoms with Crippen LogP contribution in [0.5, 0.6) is 5.75 Å². The van der Waals surface area contributed by atoms with Crippen molar-refractivity contribution in [1.82, 2.24) is 4.98 Å². The molecule has 1 aromatic heterocycles. The van der Waals surface area contributed by atoms with Crippen LogP contribution in [0.4, 0.5) is 0 Å². The molecule has 0 N–H and O–H groups in total. The minimum atomic E-state index is -0.873.